The lowest BCUT2D eigenvalue weighted by Gasteiger charge is -2.35. The lowest BCUT2D eigenvalue weighted by atomic mass is 10.0. The van der Waals surface area contributed by atoms with Crippen LogP contribution in [0.15, 0.2) is 96.2 Å². The summed E-state index contributed by atoms with van der Waals surface area (Å²) >= 11 is 0. The molecule has 11 nitrogen and oxygen atoms in total. The van der Waals surface area contributed by atoms with Crippen LogP contribution < -0.4 is 15.6 Å². The Labute approximate surface area is 285 Å². The molecule has 252 valence electrons. The van der Waals surface area contributed by atoms with Crippen molar-refractivity contribution in [3.8, 4) is 17.0 Å². The molecule has 3 aromatic heterocycles. The Morgan fingerprint density at radius 1 is 0.880 bits per heavy atom. The Kier molecular flexibility index (Phi) is 9.21. The SMILES string of the molecule is COc1cc(F)ccc1-c1cc(Nc2cc(CN3CCN(C(=O)c4cc(Cc5n[nH]c(=O)c6ccccc56)ccc4F)CC3)ccn2)ncn1. The molecule has 0 saturated carbocycles. The van der Waals surface area contributed by atoms with E-state index in [2.05, 4.69) is 35.4 Å². The second kappa shape index (κ2) is 14.2. The number of fused-ring (bicyclic) bond motifs is 1. The molecule has 50 heavy (non-hydrogen) atoms. The summed E-state index contributed by atoms with van der Waals surface area (Å²) in [4.78, 5) is 42.6. The topological polar surface area (TPSA) is 129 Å². The van der Waals surface area contributed by atoms with E-state index in [0.29, 0.717) is 89.8 Å². The molecule has 3 aromatic carbocycles. The van der Waals surface area contributed by atoms with E-state index in [1.165, 1.54) is 31.6 Å². The predicted molar refractivity (Wildman–Crippen MR) is 184 cm³/mol. The van der Waals surface area contributed by atoms with Crippen molar-refractivity contribution in [3.05, 3.63) is 136 Å². The number of nitrogens with one attached hydrogen (secondary N) is 2. The zero-order chi connectivity index (χ0) is 34.6. The van der Waals surface area contributed by atoms with Crippen LogP contribution in [0, 0.1) is 11.6 Å². The van der Waals surface area contributed by atoms with Crippen LogP contribution in [0.1, 0.15) is 27.2 Å². The maximum absolute atomic E-state index is 15.0. The first kappa shape index (κ1) is 32.5. The molecule has 0 spiro atoms. The number of halogens is 2. The van der Waals surface area contributed by atoms with Crippen LogP contribution >= 0.6 is 0 Å². The summed E-state index contributed by atoms with van der Waals surface area (Å²) in [6, 6.07) is 21.6. The maximum atomic E-state index is 15.0. The number of hydrogen-bond acceptors (Lipinski definition) is 9. The first-order valence-electron chi connectivity index (χ1n) is 16.0. The van der Waals surface area contributed by atoms with Gasteiger partial charge in [0.1, 0.15) is 35.3 Å². The highest BCUT2D eigenvalue weighted by atomic mass is 19.1. The van der Waals surface area contributed by atoms with Crippen LogP contribution in [-0.2, 0) is 13.0 Å². The number of rotatable bonds is 9. The third kappa shape index (κ3) is 7.03. The molecule has 0 bridgehead atoms. The number of nitrogens with zero attached hydrogens (tertiary/aromatic N) is 6. The normalized spacial score (nSPS) is 13.4. The highest BCUT2D eigenvalue weighted by Crippen LogP contribution is 2.30. The smallest absolute Gasteiger partial charge is 0.272 e. The molecule has 2 N–H and O–H groups in total. The molecular weight excluding hydrogens is 642 g/mol. The minimum atomic E-state index is -0.579. The van der Waals surface area contributed by atoms with Gasteiger partial charge in [0.2, 0.25) is 0 Å². The van der Waals surface area contributed by atoms with E-state index in [1.54, 1.807) is 47.5 Å². The van der Waals surface area contributed by atoms with Crippen LogP contribution in [0.25, 0.3) is 22.0 Å². The summed E-state index contributed by atoms with van der Waals surface area (Å²) < 4.78 is 34.0. The van der Waals surface area contributed by atoms with Gasteiger partial charge in [-0.05, 0) is 53.6 Å². The average Bonchev–Trinajstić information content (AvgIpc) is 3.14. The van der Waals surface area contributed by atoms with Crippen molar-refractivity contribution in [2.24, 2.45) is 0 Å². The number of aromatic amines is 1. The first-order valence-corrected chi connectivity index (χ1v) is 16.0. The Bertz CT molecular complexity index is 2260. The fourth-order valence-electron chi connectivity index (χ4n) is 6.11. The van der Waals surface area contributed by atoms with E-state index >= 15 is 0 Å². The van der Waals surface area contributed by atoms with Gasteiger partial charge in [0.25, 0.3) is 11.5 Å². The van der Waals surface area contributed by atoms with E-state index in [1.807, 2.05) is 24.3 Å². The van der Waals surface area contributed by atoms with Crippen LogP contribution in [0.4, 0.5) is 20.4 Å². The molecule has 6 aromatic rings. The number of aromatic nitrogens is 5. The number of H-pyrrole nitrogens is 1. The molecule has 7 rings (SSSR count). The summed E-state index contributed by atoms with van der Waals surface area (Å²) in [7, 11) is 1.48. The number of anilines is 2. The molecule has 0 unspecified atom stereocenters. The van der Waals surface area contributed by atoms with Crippen molar-refractivity contribution in [1.29, 1.82) is 0 Å². The number of carbonyl (C=O) groups excluding carboxylic acids is 1. The number of amides is 1. The largest absolute Gasteiger partial charge is 0.496 e. The van der Waals surface area contributed by atoms with Gasteiger partial charge in [-0.2, -0.15) is 5.10 Å². The lowest BCUT2D eigenvalue weighted by molar-refractivity contribution is 0.0624. The standard InChI is InChI=1S/C37H32F2N8O3/c1-50-33-19-25(38)7-8-28(33)31-20-35(42-22-41-31)43-34-18-24(10-11-40-34)21-46-12-14-47(15-13-46)37(49)29-16-23(6-9-30(29)39)17-32-26-4-2-3-5-27(26)36(48)45-44-32/h2-11,16,18-20,22H,12-15,17,21H2,1H3,(H,45,48)(H,40,41,42,43). The van der Waals surface area contributed by atoms with Crippen LogP contribution in [-0.4, -0.2) is 74.1 Å². The summed E-state index contributed by atoms with van der Waals surface area (Å²) in [6.07, 6.45) is 3.46. The number of hydrogen-bond donors (Lipinski definition) is 2. The Morgan fingerprint density at radius 2 is 1.68 bits per heavy atom. The average molecular weight is 675 g/mol. The van der Waals surface area contributed by atoms with E-state index in [4.69, 9.17) is 4.74 Å². The third-order valence-corrected chi connectivity index (χ3v) is 8.66. The number of piperazine rings is 1. The van der Waals surface area contributed by atoms with Crippen molar-refractivity contribution < 1.29 is 18.3 Å². The van der Waals surface area contributed by atoms with Gasteiger partial charge in [-0.3, -0.25) is 14.5 Å². The minimum Gasteiger partial charge on any atom is -0.496 e. The van der Waals surface area contributed by atoms with Crippen molar-refractivity contribution in [3.63, 3.8) is 0 Å². The van der Waals surface area contributed by atoms with E-state index in [0.717, 1.165) is 5.56 Å². The molecule has 0 radical (unpaired) electrons. The Balaban J connectivity index is 0.977. The molecule has 13 heteroatoms. The number of methoxy groups -OCH3 is 1. The van der Waals surface area contributed by atoms with E-state index in [-0.39, 0.29) is 17.0 Å². The van der Waals surface area contributed by atoms with E-state index in [9.17, 15) is 18.4 Å². The van der Waals surface area contributed by atoms with Crippen molar-refractivity contribution in [2.75, 3.05) is 38.6 Å². The molecule has 1 fully saturated rings. The van der Waals surface area contributed by atoms with Crippen molar-refractivity contribution in [1.82, 2.24) is 34.9 Å². The number of carbonyl (C=O) groups is 1. The molecular formula is C37H32F2N8O3. The fraction of sp³-hybridized carbons (Fsp3) is 0.189. The monoisotopic (exact) mass is 674 g/mol. The molecule has 1 saturated heterocycles. The number of pyridine rings is 1. The highest BCUT2D eigenvalue weighted by Gasteiger charge is 2.25. The second-order valence-electron chi connectivity index (χ2n) is 11.9. The van der Waals surface area contributed by atoms with Gasteiger partial charge >= 0.3 is 0 Å². The molecule has 0 atom stereocenters. The predicted octanol–water partition coefficient (Wildman–Crippen LogP) is 5.35. The van der Waals surface area contributed by atoms with Gasteiger partial charge in [-0.1, -0.05) is 24.3 Å². The van der Waals surface area contributed by atoms with Crippen LogP contribution in [0.2, 0.25) is 0 Å². The zero-order valence-corrected chi connectivity index (χ0v) is 27.1. The van der Waals surface area contributed by atoms with Gasteiger partial charge in [-0.15, -0.1) is 0 Å². The van der Waals surface area contributed by atoms with E-state index < -0.39 is 11.6 Å². The molecule has 1 aliphatic heterocycles. The van der Waals surface area contributed by atoms with Gasteiger partial charge in [0, 0.05) is 68.4 Å². The van der Waals surface area contributed by atoms with Gasteiger partial charge in [-0.25, -0.2) is 28.8 Å². The Hall–Kier alpha value is -6.08. The quantitative estimate of drug-likeness (QED) is 0.208. The maximum Gasteiger partial charge on any atom is 0.272 e. The highest BCUT2D eigenvalue weighted by molar-refractivity contribution is 5.95. The summed E-state index contributed by atoms with van der Waals surface area (Å²) in [5.74, 6) is 0.124. The molecule has 4 heterocycles. The Morgan fingerprint density at radius 3 is 2.50 bits per heavy atom. The van der Waals surface area contributed by atoms with Crippen molar-refractivity contribution in [2.45, 2.75) is 13.0 Å². The number of ether oxygens (including phenoxy) is 1. The fourth-order valence-corrected chi connectivity index (χ4v) is 6.11. The molecule has 1 aliphatic rings. The van der Waals surface area contributed by atoms with Gasteiger partial charge < -0.3 is 15.0 Å². The minimum absolute atomic E-state index is 0.0141. The first-order chi connectivity index (χ1) is 24.3. The molecule has 1 amide bonds. The second-order valence-corrected chi connectivity index (χ2v) is 11.9. The number of benzene rings is 3. The van der Waals surface area contributed by atoms with Crippen LogP contribution in [0.5, 0.6) is 5.75 Å². The molecule has 0 aliphatic carbocycles. The van der Waals surface area contributed by atoms with Crippen molar-refractivity contribution >= 4 is 28.3 Å². The summed E-state index contributed by atoms with van der Waals surface area (Å²) in [5, 5.41) is 11.2. The van der Waals surface area contributed by atoms with Gasteiger partial charge in [0.05, 0.1) is 29.4 Å². The van der Waals surface area contributed by atoms with Gasteiger partial charge in [0.15, 0.2) is 0 Å². The zero-order valence-electron chi connectivity index (χ0n) is 27.1. The lowest BCUT2D eigenvalue weighted by Crippen LogP contribution is -2.48. The summed E-state index contributed by atoms with van der Waals surface area (Å²) in [6.45, 7) is 2.74. The van der Waals surface area contributed by atoms with Crippen LogP contribution in [0.3, 0.4) is 0 Å². The third-order valence-electron chi connectivity index (χ3n) is 8.66. The summed E-state index contributed by atoms with van der Waals surface area (Å²) in [5.41, 5.74) is 3.30.